The second-order valence-corrected chi connectivity index (χ2v) is 6.96. The third-order valence-electron chi connectivity index (χ3n) is 5.05. The molecule has 26 heavy (non-hydrogen) atoms. The molecule has 3 N–H and O–H groups in total. The van der Waals surface area contributed by atoms with Crippen LogP contribution in [0.15, 0.2) is 30.3 Å². The first-order valence-electron chi connectivity index (χ1n) is 8.25. The van der Waals surface area contributed by atoms with Gasteiger partial charge in [-0.25, -0.2) is 4.79 Å². The van der Waals surface area contributed by atoms with Crippen LogP contribution in [0.1, 0.15) is 35.3 Å². The van der Waals surface area contributed by atoms with Crippen LogP contribution in [0.4, 0.5) is 0 Å². The maximum Gasteiger partial charge on any atom is 0.357 e. The fourth-order valence-corrected chi connectivity index (χ4v) is 3.72. The van der Waals surface area contributed by atoms with Crippen LogP contribution in [0, 0.1) is 0 Å². The van der Waals surface area contributed by atoms with Crippen LogP contribution in [0.3, 0.4) is 0 Å². The van der Waals surface area contributed by atoms with Crippen molar-refractivity contribution >= 4 is 28.5 Å². The SMILES string of the molecule is COc1cc(-c2cc3c(C(=O)O)n[nH]c3cc2Cl)ccc1C1(O)CCC1. The summed E-state index contributed by atoms with van der Waals surface area (Å²) in [5.74, 6) is -0.517. The van der Waals surface area contributed by atoms with Gasteiger partial charge in [0.1, 0.15) is 5.75 Å². The predicted molar refractivity (Wildman–Crippen MR) is 97.8 cm³/mol. The van der Waals surface area contributed by atoms with E-state index in [4.69, 9.17) is 16.3 Å². The summed E-state index contributed by atoms with van der Waals surface area (Å²) in [6.07, 6.45) is 2.42. The monoisotopic (exact) mass is 372 g/mol. The van der Waals surface area contributed by atoms with E-state index in [1.54, 1.807) is 19.2 Å². The molecule has 0 bridgehead atoms. The van der Waals surface area contributed by atoms with E-state index in [1.807, 2.05) is 18.2 Å². The second kappa shape index (κ2) is 6.00. The molecule has 0 atom stereocenters. The Morgan fingerprint density at radius 1 is 1.31 bits per heavy atom. The molecule has 2 aromatic carbocycles. The number of aromatic nitrogens is 2. The summed E-state index contributed by atoms with van der Waals surface area (Å²) in [5.41, 5.74) is 1.89. The van der Waals surface area contributed by atoms with Crippen molar-refractivity contribution in [3.63, 3.8) is 0 Å². The maximum absolute atomic E-state index is 11.3. The Morgan fingerprint density at radius 2 is 2.08 bits per heavy atom. The standard InChI is InChI=1S/C19H17ClN2O4/c1-26-16-7-10(3-4-13(16)19(25)5-2-6-19)11-8-12-15(9-14(11)20)21-22-17(12)18(23)24/h3-4,7-9,25H,2,5-6H2,1H3,(H,21,22)(H,23,24). The van der Waals surface area contributed by atoms with Gasteiger partial charge >= 0.3 is 5.97 Å². The summed E-state index contributed by atoms with van der Waals surface area (Å²) in [6, 6.07) is 8.89. The lowest BCUT2D eigenvalue weighted by Gasteiger charge is -2.38. The minimum Gasteiger partial charge on any atom is -0.496 e. The number of hydrogen-bond acceptors (Lipinski definition) is 4. The number of nitrogens with one attached hydrogen (secondary N) is 1. The molecule has 7 heteroatoms. The summed E-state index contributed by atoms with van der Waals surface area (Å²) in [4.78, 5) is 11.3. The molecule has 4 rings (SSSR count). The highest BCUT2D eigenvalue weighted by molar-refractivity contribution is 6.34. The van der Waals surface area contributed by atoms with Gasteiger partial charge < -0.3 is 14.9 Å². The molecule has 0 unspecified atom stereocenters. The van der Waals surface area contributed by atoms with Crippen molar-refractivity contribution in [3.05, 3.63) is 46.6 Å². The van der Waals surface area contributed by atoms with Gasteiger partial charge in [0.05, 0.1) is 23.3 Å². The highest BCUT2D eigenvalue weighted by Crippen LogP contribution is 2.46. The number of aromatic amines is 1. The predicted octanol–water partition coefficient (Wildman–Crippen LogP) is 3.96. The van der Waals surface area contributed by atoms with Crippen molar-refractivity contribution < 1.29 is 19.7 Å². The van der Waals surface area contributed by atoms with Gasteiger partial charge in [-0.3, -0.25) is 5.10 Å². The number of aliphatic hydroxyl groups is 1. The van der Waals surface area contributed by atoms with Crippen molar-refractivity contribution in [3.8, 4) is 16.9 Å². The van der Waals surface area contributed by atoms with E-state index in [9.17, 15) is 15.0 Å². The van der Waals surface area contributed by atoms with Gasteiger partial charge in [0.25, 0.3) is 0 Å². The van der Waals surface area contributed by atoms with E-state index < -0.39 is 11.6 Å². The lowest BCUT2D eigenvalue weighted by atomic mass is 9.74. The number of carboxylic acids is 1. The number of benzene rings is 2. The molecular weight excluding hydrogens is 356 g/mol. The number of nitrogens with zero attached hydrogens (tertiary/aromatic N) is 1. The minimum atomic E-state index is -1.11. The van der Waals surface area contributed by atoms with Gasteiger partial charge in [-0.2, -0.15) is 5.10 Å². The topological polar surface area (TPSA) is 95.4 Å². The number of rotatable bonds is 4. The highest BCUT2D eigenvalue weighted by atomic mass is 35.5. The van der Waals surface area contributed by atoms with E-state index in [1.165, 1.54) is 0 Å². The average molecular weight is 373 g/mol. The van der Waals surface area contributed by atoms with Gasteiger partial charge in [0.15, 0.2) is 5.69 Å². The van der Waals surface area contributed by atoms with Crippen LogP contribution in [0.5, 0.6) is 5.75 Å². The molecule has 1 aliphatic carbocycles. The van der Waals surface area contributed by atoms with Crippen LogP contribution in [-0.2, 0) is 5.60 Å². The van der Waals surface area contributed by atoms with Crippen molar-refractivity contribution in [1.82, 2.24) is 10.2 Å². The molecular formula is C19H17ClN2O4. The van der Waals surface area contributed by atoms with E-state index in [0.717, 1.165) is 17.5 Å². The number of ether oxygens (including phenoxy) is 1. The van der Waals surface area contributed by atoms with Gasteiger partial charge in [-0.15, -0.1) is 0 Å². The van der Waals surface area contributed by atoms with Crippen LogP contribution in [0.25, 0.3) is 22.0 Å². The van der Waals surface area contributed by atoms with Gasteiger partial charge in [-0.1, -0.05) is 23.7 Å². The lowest BCUT2D eigenvalue weighted by Crippen LogP contribution is -2.33. The van der Waals surface area contributed by atoms with Crippen molar-refractivity contribution in [1.29, 1.82) is 0 Å². The number of aromatic carboxylic acids is 1. The summed E-state index contributed by atoms with van der Waals surface area (Å²) in [7, 11) is 1.56. The zero-order valence-electron chi connectivity index (χ0n) is 14.0. The van der Waals surface area contributed by atoms with Gasteiger partial charge in [0, 0.05) is 16.5 Å². The number of fused-ring (bicyclic) bond motifs is 1. The largest absolute Gasteiger partial charge is 0.496 e. The first-order chi connectivity index (χ1) is 12.4. The smallest absolute Gasteiger partial charge is 0.357 e. The normalized spacial score (nSPS) is 15.7. The molecule has 3 aromatic rings. The molecule has 0 spiro atoms. The second-order valence-electron chi connectivity index (χ2n) is 6.56. The Balaban J connectivity index is 1.85. The molecule has 0 saturated heterocycles. The van der Waals surface area contributed by atoms with Crippen molar-refractivity contribution in [2.45, 2.75) is 24.9 Å². The number of carbonyl (C=O) groups is 1. The lowest BCUT2D eigenvalue weighted by molar-refractivity contribution is -0.0404. The molecule has 1 heterocycles. The van der Waals surface area contributed by atoms with Gasteiger partial charge in [0.2, 0.25) is 0 Å². The van der Waals surface area contributed by atoms with Gasteiger partial charge in [-0.05, 0) is 43.0 Å². The molecule has 0 amide bonds. The Morgan fingerprint density at radius 3 is 2.69 bits per heavy atom. The molecule has 1 aromatic heterocycles. The first kappa shape index (κ1) is 16.9. The fraction of sp³-hybridized carbons (Fsp3) is 0.263. The molecule has 6 nitrogen and oxygen atoms in total. The Labute approximate surface area is 154 Å². The number of H-pyrrole nitrogens is 1. The highest BCUT2D eigenvalue weighted by Gasteiger charge is 2.38. The maximum atomic E-state index is 11.3. The summed E-state index contributed by atoms with van der Waals surface area (Å²) >= 11 is 6.40. The molecule has 134 valence electrons. The number of halogens is 1. The first-order valence-corrected chi connectivity index (χ1v) is 8.63. The van der Waals surface area contributed by atoms with Crippen LogP contribution < -0.4 is 4.74 Å². The fourth-order valence-electron chi connectivity index (χ4n) is 3.45. The number of methoxy groups -OCH3 is 1. The molecule has 1 saturated carbocycles. The quantitative estimate of drug-likeness (QED) is 0.644. The molecule has 1 fully saturated rings. The van der Waals surface area contributed by atoms with Crippen molar-refractivity contribution in [2.75, 3.05) is 7.11 Å². The summed E-state index contributed by atoms with van der Waals surface area (Å²) in [6.45, 7) is 0. The van der Waals surface area contributed by atoms with Crippen LogP contribution in [0.2, 0.25) is 5.02 Å². The Bertz CT molecular complexity index is 1020. The zero-order chi connectivity index (χ0) is 18.5. The number of carboxylic acid groups (broad SMARTS) is 1. The van der Waals surface area contributed by atoms with E-state index >= 15 is 0 Å². The Kier molecular flexibility index (Phi) is 3.89. The molecule has 0 aliphatic heterocycles. The molecule has 1 aliphatic rings. The van der Waals surface area contributed by atoms with Crippen molar-refractivity contribution in [2.24, 2.45) is 0 Å². The summed E-state index contributed by atoms with van der Waals surface area (Å²) < 4.78 is 5.49. The molecule has 0 radical (unpaired) electrons. The minimum absolute atomic E-state index is 0.0507. The van der Waals surface area contributed by atoms with Crippen LogP contribution in [-0.4, -0.2) is 33.5 Å². The van der Waals surface area contributed by atoms with E-state index in [0.29, 0.717) is 40.1 Å². The average Bonchev–Trinajstić information content (AvgIpc) is 3.01. The third-order valence-corrected chi connectivity index (χ3v) is 5.36. The van der Waals surface area contributed by atoms with Crippen LogP contribution >= 0.6 is 11.6 Å². The summed E-state index contributed by atoms with van der Waals surface area (Å²) in [5, 5.41) is 27.4. The van der Waals surface area contributed by atoms with E-state index in [-0.39, 0.29) is 5.69 Å². The zero-order valence-corrected chi connectivity index (χ0v) is 14.8. The van der Waals surface area contributed by atoms with E-state index in [2.05, 4.69) is 10.2 Å². The Hall–Kier alpha value is -2.57. The third kappa shape index (κ3) is 2.53. The number of hydrogen-bond donors (Lipinski definition) is 3.